The van der Waals surface area contributed by atoms with E-state index in [1.165, 1.54) is 64.2 Å². The molecule has 1 nitrogen and oxygen atoms in total. The molecule has 1 heteroatoms. The predicted molar refractivity (Wildman–Crippen MR) is 80.5 cm³/mol. The summed E-state index contributed by atoms with van der Waals surface area (Å²) in [5.74, 6) is 3.09. The molecular formula is C17H32O. The van der Waals surface area contributed by atoms with E-state index in [9.17, 15) is 0 Å². The average molecular weight is 252 g/mol. The van der Waals surface area contributed by atoms with Crippen LogP contribution in [0.4, 0.5) is 0 Å². The largest absolute Gasteiger partial charge is 0.447 e. The maximum Gasteiger partial charge on any atom is 0.110 e. The third-order valence-electron chi connectivity index (χ3n) is 3.15. The van der Waals surface area contributed by atoms with Gasteiger partial charge in [-0.05, 0) is 12.8 Å². The lowest BCUT2D eigenvalue weighted by molar-refractivity contribution is 0.270. The van der Waals surface area contributed by atoms with Crippen LogP contribution in [0.3, 0.4) is 0 Å². The van der Waals surface area contributed by atoms with Gasteiger partial charge >= 0.3 is 0 Å². The van der Waals surface area contributed by atoms with E-state index in [2.05, 4.69) is 25.9 Å². The molecule has 106 valence electrons. The Bertz CT molecular complexity index is 199. The molecule has 0 saturated carbocycles. The van der Waals surface area contributed by atoms with Crippen LogP contribution in [0.2, 0.25) is 0 Å². The summed E-state index contributed by atoms with van der Waals surface area (Å²) in [5.41, 5.74) is 0. The van der Waals surface area contributed by atoms with Crippen molar-refractivity contribution in [3.05, 3.63) is 0 Å². The molecule has 0 heterocycles. The summed E-state index contributed by atoms with van der Waals surface area (Å²) >= 11 is 0. The van der Waals surface area contributed by atoms with Crippen LogP contribution in [0, 0.1) is 12.0 Å². The predicted octanol–water partition coefficient (Wildman–Crippen LogP) is 5.68. The molecule has 0 aromatic rings. The van der Waals surface area contributed by atoms with E-state index in [0.29, 0.717) is 0 Å². The normalized spacial score (nSPS) is 9.89. The van der Waals surface area contributed by atoms with Crippen LogP contribution in [-0.4, -0.2) is 6.61 Å². The van der Waals surface area contributed by atoms with Crippen LogP contribution in [0.25, 0.3) is 0 Å². The van der Waals surface area contributed by atoms with Crippen LogP contribution >= 0.6 is 0 Å². The van der Waals surface area contributed by atoms with Gasteiger partial charge in [0.05, 0.1) is 0 Å². The maximum absolute atomic E-state index is 5.20. The molecule has 0 amide bonds. The minimum atomic E-state index is 0.793. The molecule has 18 heavy (non-hydrogen) atoms. The highest BCUT2D eigenvalue weighted by atomic mass is 16.5. The molecule has 0 aromatic heterocycles. The number of ether oxygens (including phenoxy) is 1. The van der Waals surface area contributed by atoms with E-state index in [0.717, 1.165) is 19.4 Å². The molecule has 0 fully saturated rings. The van der Waals surface area contributed by atoms with Crippen molar-refractivity contribution in [2.45, 2.75) is 90.9 Å². The molecule has 0 aliphatic carbocycles. The zero-order valence-electron chi connectivity index (χ0n) is 12.6. The lowest BCUT2D eigenvalue weighted by atomic mass is 10.1. The quantitative estimate of drug-likeness (QED) is 0.320. The van der Waals surface area contributed by atoms with Gasteiger partial charge in [-0.3, -0.25) is 0 Å². The van der Waals surface area contributed by atoms with Crippen LogP contribution in [0.5, 0.6) is 0 Å². The van der Waals surface area contributed by atoms with Crippen LogP contribution in [-0.2, 0) is 4.74 Å². The molecule has 0 unspecified atom stereocenters. The smallest absolute Gasteiger partial charge is 0.110 e. The standard InChI is InChI=1S/C17H32O/c1-3-5-7-8-9-10-11-12-13-14-15-17-18-16-6-4-2/h3-14,16H2,1-2H3. The Morgan fingerprint density at radius 2 is 1.22 bits per heavy atom. The van der Waals surface area contributed by atoms with Gasteiger partial charge in [0.1, 0.15) is 12.7 Å². The van der Waals surface area contributed by atoms with E-state index in [-0.39, 0.29) is 0 Å². The van der Waals surface area contributed by atoms with Crippen molar-refractivity contribution in [3.8, 4) is 12.0 Å². The molecule has 0 aliphatic rings. The van der Waals surface area contributed by atoms with Crippen molar-refractivity contribution >= 4 is 0 Å². The van der Waals surface area contributed by atoms with E-state index in [1.807, 2.05) is 0 Å². The fraction of sp³-hybridized carbons (Fsp3) is 0.882. The summed E-state index contributed by atoms with van der Waals surface area (Å²) in [7, 11) is 0. The minimum absolute atomic E-state index is 0.793. The molecule has 0 N–H and O–H groups in total. The van der Waals surface area contributed by atoms with Gasteiger partial charge in [0.2, 0.25) is 0 Å². The molecule has 0 radical (unpaired) electrons. The van der Waals surface area contributed by atoms with Gasteiger partial charge in [-0.2, -0.15) is 0 Å². The highest BCUT2D eigenvalue weighted by Crippen LogP contribution is 2.10. The molecule has 0 atom stereocenters. The van der Waals surface area contributed by atoms with E-state index in [4.69, 9.17) is 4.74 Å². The van der Waals surface area contributed by atoms with Crippen LogP contribution < -0.4 is 0 Å². The monoisotopic (exact) mass is 252 g/mol. The van der Waals surface area contributed by atoms with Gasteiger partial charge in [-0.1, -0.05) is 77.6 Å². The minimum Gasteiger partial charge on any atom is -0.447 e. The molecule has 0 spiro atoms. The average Bonchev–Trinajstić information content (AvgIpc) is 2.39. The first-order chi connectivity index (χ1) is 8.91. The molecular weight excluding hydrogens is 220 g/mol. The second-order valence-electron chi connectivity index (χ2n) is 5.06. The van der Waals surface area contributed by atoms with Gasteiger partial charge in [0, 0.05) is 6.42 Å². The summed E-state index contributed by atoms with van der Waals surface area (Å²) in [6.07, 6.45) is 18.5. The van der Waals surface area contributed by atoms with Crippen molar-refractivity contribution in [2.75, 3.05) is 6.61 Å². The number of unbranched alkanes of at least 4 members (excludes halogenated alkanes) is 10. The number of hydrogen-bond donors (Lipinski definition) is 0. The molecule has 0 rings (SSSR count). The Balaban J connectivity index is 3.02. The third kappa shape index (κ3) is 15.4. The summed E-state index contributed by atoms with van der Waals surface area (Å²) < 4.78 is 5.20. The van der Waals surface area contributed by atoms with Gasteiger partial charge in [-0.25, -0.2) is 0 Å². The summed E-state index contributed by atoms with van der Waals surface area (Å²) in [6.45, 7) is 5.23. The lowest BCUT2D eigenvalue weighted by Gasteiger charge is -2.00. The van der Waals surface area contributed by atoms with Gasteiger partial charge in [0.15, 0.2) is 0 Å². The maximum atomic E-state index is 5.20. The Morgan fingerprint density at radius 1 is 0.667 bits per heavy atom. The lowest BCUT2D eigenvalue weighted by Crippen LogP contribution is -1.85. The highest BCUT2D eigenvalue weighted by molar-refractivity contribution is 4.90. The van der Waals surface area contributed by atoms with Crippen molar-refractivity contribution in [1.82, 2.24) is 0 Å². The van der Waals surface area contributed by atoms with Gasteiger partial charge < -0.3 is 4.74 Å². The Morgan fingerprint density at radius 3 is 1.83 bits per heavy atom. The second-order valence-corrected chi connectivity index (χ2v) is 5.06. The zero-order chi connectivity index (χ0) is 13.3. The van der Waals surface area contributed by atoms with Crippen molar-refractivity contribution < 1.29 is 4.74 Å². The number of rotatable bonds is 12. The molecule has 0 saturated heterocycles. The Labute approximate surface area is 115 Å². The molecule has 0 aliphatic heterocycles. The van der Waals surface area contributed by atoms with Crippen molar-refractivity contribution in [1.29, 1.82) is 0 Å². The first-order valence-corrected chi connectivity index (χ1v) is 8.01. The second kappa shape index (κ2) is 16.4. The summed E-state index contributed by atoms with van der Waals surface area (Å²) in [5, 5.41) is 0. The van der Waals surface area contributed by atoms with Gasteiger partial charge in [0.25, 0.3) is 0 Å². The fourth-order valence-electron chi connectivity index (χ4n) is 1.89. The fourth-order valence-corrected chi connectivity index (χ4v) is 1.89. The third-order valence-corrected chi connectivity index (χ3v) is 3.15. The van der Waals surface area contributed by atoms with Crippen molar-refractivity contribution in [2.24, 2.45) is 0 Å². The SMILES string of the molecule is CCCCCCCCCCCC#COCCCC. The Hall–Kier alpha value is -0.640. The van der Waals surface area contributed by atoms with Crippen LogP contribution in [0.15, 0.2) is 0 Å². The van der Waals surface area contributed by atoms with E-state index >= 15 is 0 Å². The van der Waals surface area contributed by atoms with E-state index in [1.54, 1.807) is 0 Å². The molecule has 0 aromatic carbocycles. The summed E-state index contributed by atoms with van der Waals surface area (Å²) in [4.78, 5) is 0. The zero-order valence-corrected chi connectivity index (χ0v) is 12.6. The van der Waals surface area contributed by atoms with Crippen molar-refractivity contribution in [3.63, 3.8) is 0 Å². The number of hydrogen-bond acceptors (Lipinski definition) is 1. The van der Waals surface area contributed by atoms with Crippen LogP contribution in [0.1, 0.15) is 90.9 Å². The Kier molecular flexibility index (Phi) is 15.8. The first kappa shape index (κ1) is 17.4. The highest BCUT2D eigenvalue weighted by Gasteiger charge is 1.91. The van der Waals surface area contributed by atoms with Gasteiger partial charge in [-0.15, -0.1) is 0 Å². The molecule has 0 bridgehead atoms. The van der Waals surface area contributed by atoms with E-state index < -0.39 is 0 Å². The first-order valence-electron chi connectivity index (χ1n) is 8.01. The topological polar surface area (TPSA) is 9.23 Å². The summed E-state index contributed by atoms with van der Waals surface area (Å²) in [6, 6.07) is 0.